The smallest absolute Gasteiger partial charge is 0.339 e. The van der Waals surface area contributed by atoms with Gasteiger partial charge in [-0.15, -0.1) is 0 Å². The number of aryl methyl sites for hydroxylation is 1. The zero-order chi connectivity index (χ0) is 37.2. The molecule has 0 amide bonds. The van der Waals surface area contributed by atoms with Crippen LogP contribution in [-0.2, 0) is 61.4 Å². The topological polar surface area (TPSA) is 188 Å². The number of ether oxygens (including phenoxy) is 6. The Bertz CT molecular complexity index is 1960. The Balaban J connectivity index is 1.79. The lowest BCUT2D eigenvalue weighted by molar-refractivity contribution is -0.801. The van der Waals surface area contributed by atoms with Gasteiger partial charge in [-0.25, -0.2) is 18.9 Å². The van der Waals surface area contributed by atoms with Crippen LogP contribution in [0.5, 0.6) is 5.88 Å². The van der Waals surface area contributed by atoms with Crippen LogP contribution in [-0.4, -0.2) is 84.9 Å². The van der Waals surface area contributed by atoms with Gasteiger partial charge in [0.15, 0.2) is 24.1 Å². The molecule has 1 fully saturated rings. The second-order valence-electron chi connectivity index (χ2n) is 12.6. The Labute approximate surface area is 291 Å². The molecule has 0 bridgehead atoms. The van der Waals surface area contributed by atoms with E-state index in [1.165, 1.54) is 33.7 Å². The molecule has 1 aliphatic rings. The van der Waals surface area contributed by atoms with Crippen molar-refractivity contribution in [1.29, 1.82) is 0 Å². The Hall–Kier alpha value is -5.52. The Morgan fingerprint density at radius 2 is 1.63 bits per heavy atom. The molecule has 1 aliphatic heterocycles. The van der Waals surface area contributed by atoms with Crippen LogP contribution in [0.15, 0.2) is 36.7 Å². The normalized spacial score (nSPS) is 20.5. The molecule has 0 N–H and O–H groups in total. The zero-order valence-corrected chi connectivity index (χ0v) is 29.4. The van der Waals surface area contributed by atoms with Crippen LogP contribution < -0.4 is 9.42 Å². The molecule has 0 unspecified atom stereocenters. The molecule has 4 heterocycles. The third-order valence-electron chi connectivity index (χ3n) is 7.90. The van der Waals surface area contributed by atoms with E-state index >= 15 is 4.39 Å². The minimum Gasteiger partial charge on any atom is -0.467 e. The number of benzene rings is 1. The van der Waals surface area contributed by atoms with Gasteiger partial charge in [-0.3, -0.25) is 14.4 Å². The Morgan fingerprint density at radius 1 is 0.980 bits per heavy atom. The second kappa shape index (κ2) is 14.8. The molecule has 51 heavy (non-hydrogen) atoms. The average molecular weight is 713 g/mol. The number of hydrogen-bond acceptors (Lipinski definition) is 14. The molecule has 5 rings (SSSR count). The number of esters is 4. The number of carbonyl (C=O) groups is 4. The molecule has 0 saturated carbocycles. The maximum Gasteiger partial charge on any atom is 0.339 e. The van der Waals surface area contributed by atoms with E-state index < -0.39 is 65.8 Å². The number of halogens is 1. The summed E-state index contributed by atoms with van der Waals surface area (Å²) in [6, 6.07) is 7.52. The van der Waals surface area contributed by atoms with Crippen LogP contribution in [0.1, 0.15) is 66.1 Å². The number of methoxy groups -OCH3 is 1. The minimum atomic E-state index is -1.70. The lowest BCUT2D eigenvalue weighted by Gasteiger charge is -2.41. The van der Waals surface area contributed by atoms with E-state index in [2.05, 4.69) is 10.1 Å². The standard InChI is InChI=1S/C33H39FN7O10/c1-9-39-23(35-16-36-39)15-47-30-21(33(5,6)7)14-24-40(38-30)29(20-12-10-11-13-22(20)34)37-41(24)31-27(50-19(4)44)25(48-17(2)42)26(49-18(3)43)28(51-31)32(45)46-8/h10-14,16,25-28,31H,9,15H2,1-8H3/q+1/t25-,26-,27+,28-,31+/m0/s1. The van der Waals surface area contributed by atoms with Crippen LogP contribution in [0.25, 0.3) is 17.0 Å². The number of carbonyl (C=O) groups excluding carboxylic acids is 4. The summed E-state index contributed by atoms with van der Waals surface area (Å²) in [4.78, 5) is 54.6. The molecule has 5 atom stereocenters. The SMILES string of the molecule is CCn1ncnc1COc1nn2c(-c3ccccc3F)n[n+]([C@@H]3O[C@H](C(=O)OC)[C@@H](OC(C)=O)[C@H](OC(C)=O)[C@H]3OC(C)=O)c2cc1C(C)(C)C. The van der Waals surface area contributed by atoms with Crippen molar-refractivity contribution >= 4 is 29.5 Å². The fourth-order valence-electron chi connectivity index (χ4n) is 5.69. The quantitative estimate of drug-likeness (QED) is 0.132. The summed E-state index contributed by atoms with van der Waals surface area (Å²) in [5, 5.41) is 13.7. The third-order valence-corrected chi connectivity index (χ3v) is 7.90. The number of nitrogens with zero attached hydrogens (tertiary/aromatic N) is 7. The molecule has 17 nitrogen and oxygen atoms in total. The van der Waals surface area contributed by atoms with Gasteiger partial charge in [-0.1, -0.05) is 42.1 Å². The maximum absolute atomic E-state index is 15.5. The number of aromatic nitrogens is 7. The monoisotopic (exact) mass is 712 g/mol. The maximum atomic E-state index is 15.5. The molecule has 3 aromatic heterocycles. The average Bonchev–Trinajstić information content (AvgIpc) is 3.68. The van der Waals surface area contributed by atoms with Crippen LogP contribution in [0, 0.1) is 5.82 Å². The lowest BCUT2D eigenvalue weighted by Crippen LogP contribution is -2.66. The van der Waals surface area contributed by atoms with E-state index in [1.54, 1.807) is 16.8 Å². The van der Waals surface area contributed by atoms with Crippen molar-refractivity contribution in [3.8, 4) is 17.3 Å². The van der Waals surface area contributed by atoms with Gasteiger partial charge < -0.3 is 28.4 Å². The van der Waals surface area contributed by atoms with Crippen molar-refractivity contribution in [3.05, 3.63) is 53.9 Å². The summed E-state index contributed by atoms with van der Waals surface area (Å²) >= 11 is 0. The number of hydrogen-bond donors (Lipinski definition) is 0. The predicted molar refractivity (Wildman–Crippen MR) is 170 cm³/mol. The highest BCUT2D eigenvalue weighted by molar-refractivity contribution is 5.77. The first-order valence-electron chi connectivity index (χ1n) is 16.0. The van der Waals surface area contributed by atoms with E-state index in [-0.39, 0.29) is 29.5 Å². The van der Waals surface area contributed by atoms with Crippen molar-refractivity contribution in [2.45, 2.75) is 97.7 Å². The fourth-order valence-corrected chi connectivity index (χ4v) is 5.69. The van der Waals surface area contributed by atoms with E-state index in [9.17, 15) is 19.2 Å². The van der Waals surface area contributed by atoms with Gasteiger partial charge in [0.05, 0.1) is 12.7 Å². The summed E-state index contributed by atoms with van der Waals surface area (Å²) in [6.45, 7) is 11.5. The Kier molecular flexibility index (Phi) is 10.6. The van der Waals surface area contributed by atoms with Gasteiger partial charge in [0.25, 0.3) is 17.9 Å². The van der Waals surface area contributed by atoms with Gasteiger partial charge >= 0.3 is 29.5 Å². The first kappa shape index (κ1) is 36.8. The molecule has 18 heteroatoms. The number of fused-ring (bicyclic) bond motifs is 1. The highest BCUT2D eigenvalue weighted by Gasteiger charge is 2.58. The van der Waals surface area contributed by atoms with Crippen molar-refractivity contribution in [2.24, 2.45) is 0 Å². The largest absolute Gasteiger partial charge is 0.467 e. The van der Waals surface area contributed by atoms with E-state index in [4.69, 9.17) is 38.6 Å². The van der Waals surface area contributed by atoms with Crippen LogP contribution in [0.4, 0.5) is 4.39 Å². The van der Waals surface area contributed by atoms with Crippen molar-refractivity contribution in [1.82, 2.24) is 29.5 Å². The summed E-state index contributed by atoms with van der Waals surface area (Å²) in [5.74, 6) is -3.47. The highest BCUT2D eigenvalue weighted by atomic mass is 19.1. The van der Waals surface area contributed by atoms with Crippen LogP contribution in [0.2, 0.25) is 0 Å². The fraction of sp³-hybridized carbons (Fsp3) is 0.485. The molecule has 0 radical (unpaired) electrons. The highest BCUT2D eigenvalue weighted by Crippen LogP contribution is 2.36. The van der Waals surface area contributed by atoms with Crippen molar-refractivity contribution < 1.29 is 56.7 Å². The van der Waals surface area contributed by atoms with E-state index in [1.807, 2.05) is 27.7 Å². The van der Waals surface area contributed by atoms with E-state index in [0.717, 1.165) is 27.9 Å². The van der Waals surface area contributed by atoms with Gasteiger partial charge in [0.2, 0.25) is 6.10 Å². The molecule has 1 aromatic carbocycles. The number of rotatable bonds is 10. The zero-order valence-electron chi connectivity index (χ0n) is 29.4. The molecule has 272 valence electrons. The third kappa shape index (κ3) is 7.64. The molecule has 0 aliphatic carbocycles. The first-order chi connectivity index (χ1) is 24.1. The van der Waals surface area contributed by atoms with Gasteiger partial charge in [-0.05, 0) is 34.7 Å². The second-order valence-corrected chi connectivity index (χ2v) is 12.6. The van der Waals surface area contributed by atoms with Crippen molar-refractivity contribution in [2.75, 3.05) is 7.11 Å². The van der Waals surface area contributed by atoms with Gasteiger partial charge in [0, 0.05) is 38.9 Å². The first-order valence-corrected chi connectivity index (χ1v) is 16.0. The van der Waals surface area contributed by atoms with Crippen LogP contribution in [0.3, 0.4) is 0 Å². The summed E-state index contributed by atoms with van der Waals surface area (Å²) in [5.41, 5.74) is 0.156. The minimum absolute atomic E-state index is 0.00181. The Morgan fingerprint density at radius 3 is 2.24 bits per heavy atom. The van der Waals surface area contributed by atoms with Gasteiger partial charge in [-0.2, -0.15) is 5.10 Å². The molecular formula is C33H39FN7O10+. The van der Waals surface area contributed by atoms with Gasteiger partial charge in [0.1, 0.15) is 18.8 Å². The molecule has 1 saturated heterocycles. The van der Waals surface area contributed by atoms with Crippen molar-refractivity contribution in [3.63, 3.8) is 0 Å². The lowest BCUT2D eigenvalue weighted by atomic mass is 9.88. The van der Waals surface area contributed by atoms with E-state index in [0.29, 0.717) is 17.9 Å². The summed E-state index contributed by atoms with van der Waals surface area (Å²) in [6.07, 6.45) is -6.60. The molecule has 4 aromatic rings. The molecular weight excluding hydrogens is 673 g/mol. The molecule has 0 spiro atoms. The summed E-state index contributed by atoms with van der Waals surface area (Å²) < 4.78 is 53.7. The van der Waals surface area contributed by atoms with Crippen LogP contribution >= 0.6 is 0 Å². The predicted octanol–water partition coefficient (Wildman–Crippen LogP) is 2.18. The summed E-state index contributed by atoms with van der Waals surface area (Å²) in [7, 11) is 1.09.